The third-order valence-electron chi connectivity index (χ3n) is 4.45. The summed E-state index contributed by atoms with van der Waals surface area (Å²) in [6, 6.07) is 8.17. The van der Waals surface area contributed by atoms with Gasteiger partial charge in [0.1, 0.15) is 16.2 Å². The molecule has 3 aromatic rings. The fourth-order valence-electron chi connectivity index (χ4n) is 2.88. The van der Waals surface area contributed by atoms with Gasteiger partial charge in [-0.25, -0.2) is 13.6 Å². The quantitative estimate of drug-likeness (QED) is 0.698. The summed E-state index contributed by atoms with van der Waals surface area (Å²) in [5.74, 6) is -0.191. The predicted octanol–water partition coefficient (Wildman–Crippen LogP) is 2.89. The molecular weight excluding hydrogens is 368 g/mol. The molecule has 1 amide bonds. The Morgan fingerprint density at radius 2 is 1.96 bits per heavy atom. The van der Waals surface area contributed by atoms with E-state index in [-0.39, 0.29) is 23.0 Å². The Morgan fingerprint density at radius 3 is 2.63 bits per heavy atom. The Hall–Kier alpha value is -2.84. The van der Waals surface area contributed by atoms with E-state index >= 15 is 0 Å². The van der Waals surface area contributed by atoms with Crippen molar-refractivity contribution in [3.05, 3.63) is 53.3 Å². The zero-order valence-electron chi connectivity index (χ0n) is 15.2. The number of anilines is 1. The molecular formula is C19H20N2O5S. The topological polar surface area (TPSA) is 112 Å². The van der Waals surface area contributed by atoms with Crippen LogP contribution in [0.1, 0.15) is 16.7 Å². The Morgan fingerprint density at radius 1 is 1.22 bits per heavy atom. The maximum atomic E-state index is 12.4. The van der Waals surface area contributed by atoms with E-state index in [1.807, 2.05) is 26.0 Å². The van der Waals surface area contributed by atoms with E-state index in [9.17, 15) is 13.2 Å². The number of carbonyl (C=O) groups excluding carboxylic acids is 1. The number of primary sulfonamides is 1. The molecule has 2 aromatic carbocycles. The van der Waals surface area contributed by atoms with E-state index in [2.05, 4.69) is 5.32 Å². The molecule has 0 bridgehead atoms. The Labute approximate surface area is 157 Å². The van der Waals surface area contributed by atoms with Gasteiger partial charge in [-0.15, -0.1) is 0 Å². The van der Waals surface area contributed by atoms with Crippen molar-refractivity contribution >= 4 is 32.6 Å². The second-order valence-corrected chi connectivity index (χ2v) is 7.81. The maximum Gasteiger partial charge on any atom is 0.241 e. The highest BCUT2D eigenvalue weighted by molar-refractivity contribution is 7.89. The van der Waals surface area contributed by atoms with Crippen LogP contribution in [0.3, 0.4) is 0 Å². The zero-order chi connectivity index (χ0) is 19.8. The number of carbonyl (C=O) groups is 1. The van der Waals surface area contributed by atoms with Crippen molar-refractivity contribution in [3.63, 3.8) is 0 Å². The Balaban J connectivity index is 1.84. The molecule has 0 spiro atoms. The normalized spacial score (nSPS) is 11.6. The molecule has 3 rings (SSSR count). The van der Waals surface area contributed by atoms with Crippen LogP contribution in [0.25, 0.3) is 11.0 Å². The molecule has 0 atom stereocenters. The molecule has 0 saturated heterocycles. The molecule has 7 nitrogen and oxygen atoms in total. The van der Waals surface area contributed by atoms with Gasteiger partial charge in [-0.05, 0) is 43.2 Å². The summed E-state index contributed by atoms with van der Waals surface area (Å²) in [6.07, 6.45) is 1.66. The van der Waals surface area contributed by atoms with Crippen molar-refractivity contribution in [3.8, 4) is 5.75 Å². The highest BCUT2D eigenvalue weighted by atomic mass is 32.2. The monoisotopic (exact) mass is 388 g/mol. The third-order valence-corrected chi connectivity index (χ3v) is 5.38. The molecule has 0 saturated carbocycles. The van der Waals surface area contributed by atoms with Crippen LogP contribution in [0.2, 0.25) is 0 Å². The van der Waals surface area contributed by atoms with Gasteiger partial charge >= 0.3 is 0 Å². The van der Waals surface area contributed by atoms with Gasteiger partial charge in [-0.2, -0.15) is 0 Å². The molecule has 3 N–H and O–H groups in total. The molecule has 1 aromatic heterocycles. The van der Waals surface area contributed by atoms with E-state index < -0.39 is 10.0 Å². The van der Waals surface area contributed by atoms with Crippen molar-refractivity contribution in [2.24, 2.45) is 5.14 Å². The van der Waals surface area contributed by atoms with Gasteiger partial charge in [0.15, 0.2) is 0 Å². The number of nitrogens with two attached hydrogens (primary N) is 1. The lowest BCUT2D eigenvalue weighted by atomic mass is 10.0. The first-order chi connectivity index (χ1) is 12.7. The minimum Gasteiger partial charge on any atom is -0.495 e. The number of methoxy groups -OCH3 is 1. The highest BCUT2D eigenvalue weighted by Crippen LogP contribution is 2.28. The predicted molar refractivity (Wildman–Crippen MR) is 102 cm³/mol. The first-order valence-electron chi connectivity index (χ1n) is 8.17. The molecule has 8 heteroatoms. The molecule has 0 aliphatic heterocycles. The average Bonchev–Trinajstić information content (AvgIpc) is 3.00. The summed E-state index contributed by atoms with van der Waals surface area (Å²) in [7, 11) is -2.64. The lowest BCUT2D eigenvalue weighted by molar-refractivity contribution is -0.115. The summed E-state index contributed by atoms with van der Waals surface area (Å²) in [5, 5.41) is 8.76. The second-order valence-electron chi connectivity index (χ2n) is 6.28. The summed E-state index contributed by atoms with van der Waals surface area (Å²) in [4.78, 5) is 12.2. The molecule has 0 fully saturated rings. The van der Waals surface area contributed by atoms with Crippen molar-refractivity contribution in [2.75, 3.05) is 12.4 Å². The van der Waals surface area contributed by atoms with E-state index in [4.69, 9.17) is 14.3 Å². The second kappa shape index (κ2) is 7.05. The van der Waals surface area contributed by atoms with E-state index in [0.717, 1.165) is 27.7 Å². The molecule has 142 valence electrons. The lowest BCUT2D eigenvalue weighted by Gasteiger charge is -2.10. The van der Waals surface area contributed by atoms with E-state index in [1.54, 1.807) is 12.3 Å². The third kappa shape index (κ3) is 3.81. The van der Waals surface area contributed by atoms with Crippen molar-refractivity contribution in [2.45, 2.75) is 25.2 Å². The smallest absolute Gasteiger partial charge is 0.241 e. The Bertz CT molecular complexity index is 1130. The van der Waals surface area contributed by atoms with Crippen LogP contribution in [0, 0.1) is 13.8 Å². The van der Waals surface area contributed by atoms with Crippen LogP contribution in [-0.2, 0) is 21.2 Å². The van der Waals surface area contributed by atoms with Crippen LogP contribution >= 0.6 is 0 Å². The SMILES string of the molecule is COc1ccc(NC(=O)Cc2coc3c(C)c(C)ccc23)cc1S(N)(=O)=O. The lowest BCUT2D eigenvalue weighted by Crippen LogP contribution is -2.17. The van der Waals surface area contributed by atoms with Gasteiger partial charge in [-0.1, -0.05) is 12.1 Å². The van der Waals surface area contributed by atoms with Gasteiger partial charge in [0, 0.05) is 16.6 Å². The summed E-state index contributed by atoms with van der Waals surface area (Å²) in [5.41, 5.74) is 3.97. The van der Waals surface area contributed by atoms with Crippen molar-refractivity contribution in [1.29, 1.82) is 0 Å². The number of rotatable bonds is 5. The van der Waals surface area contributed by atoms with Crippen LogP contribution in [-0.4, -0.2) is 21.4 Å². The molecule has 0 unspecified atom stereocenters. The summed E-state index contributed by atoms with van der Waals surface area (Å²) in [6.45, 7) is 3.97. The number of sulfonamides is 1. The number of aryl methyl sites for hydroxylation is 2. The first-order valence-corrected chi connectivity index (χ1v) is 9.72. The zero-order valence-corrected chi connectivity index (χ0v) is 16.0. The molecule has 0 aliphatic rings. The van der Waals surface area contributed by atoms with Crippen LogP contribution in [0.5, 0.6) is 5.75 Å². The largest absolute Gasteiger partial charge is 0.495 e. The van der Waals surface area contributed by atoms with Crippen molar-refractivity contribution < 1.29 is 22.4 Å². The number of amides is 1. The van der Waals surface area contributed by atoms with Gasteiger partial charge in [0.25, 0.3) is 0 Å². The van der Waals surface area contributed by atoms with Gasteiger partial charge in [0.2, 0.25) is 15.9 Å². The molecule has 0 radical (unpaired) electrons. The highest BCUT2D eigenvalue weighted by Gasteiger charge is 2.17. The average molecular weight is 388 g/mol. The molecule has 1 heterocycles. The number of hydrogen-bond donors (Lipinski definition) is 2. The van der Waals surface area contributed by atoms with Gasteiger partial charge < -0.3 is 14.5 Å². The standard InChI is InChI=1S/C19H20N2O5S/c1-11-4-6-15-13(10-26-19(15)12(11)2)8-18(22)21-14-5-7-16(25-3)17(9-14)27(20,23)24/h4-7,9-10H,8H2,1-3H3,(H,21,22)(H2,20,23,24). The number of fused-ring (bicyclic) bond motifs is 1. The number of ether oxygens (including phenoxy) is 1. The van der Waals surface area contributed by atoms with Crippen LogP contribution in [0.15, 0.2) is 45.9 Å². The van der Waals surface area contributed by atoms with E-state index in [0.29, 0.717) is 5.69 Å². The first kappa shape index (κ1) is 18.9. The van der Waals surface area contributed by atoms with Gasteiger partial charge in [0.05, 0.1) is 19.8 Å². The minimum atomic E-state index is -3.98. The summed E-state index contributed by atoms with van der Waals surface area (Å²) >= 11 is 0. The summed E-state index contributed by atoms with van der Waals surface area (Å²) < 4.78 is 34.0. The van der Waals surface area contributed by atoms with Crippen molar-refractivity contribution in [1.82, 2.24) is 0 Å². The number of hydrogen-bond acceptors (Lipinski definition) is 5. The van der Waals surface area contributed by atoms with Crippen LogP contribution < -0.4 is 15.2 Å². The number of furan rings is 1. The number of benzene rings is 2. The van der Waals surface area contributed by atoms with Gasteiger partial charge in [-0.3, -0.25) is 4.79 Å². The van der Waals surface area contributed by atoms with E-state index in [1.165, 1.54) is 19.2 Å². The van der Waals surface area contributed by atoms with Crippen LogP contribution in [0.4, 0.5) is 5.69 Å². The maximum absolute atomic E-state index is 12.4. The molecule has 0 aliphatic carbocycles. The molecule has 27 heavy (non-hydrogen) atoms. The fraction of sp³-hybridized carbons (Fsp3) is 0.211. The fourth-order valence-corrected chi connectivity index (χ4v) is 3.60. The minimum absolute atomic E-state index is 0.0895. The Kier molecular flexibility index (Phi) is 4.95. The number of nitrogens with one attached hydrogen (secondary N) is 1.